The first-order valence-electron chi connectivity index (χ1n) is 6.97. The fourth-order valence-electron chi connectivity index (χ4n) is 2.53. The van der Waals surface area contributed by atoms with E-state index in [1.165, 1.54) is 37.3 Å². The number of para-hydroxylation sites is 1. The Kier molecular flexibility index (Phi) is 5.02. The van der Waals surface area contributed by atoms with Crippen LogP contribution >= 0.6 is 0 Å². The van der Waals surface area contributed by atoms with E-state index < -0.39 is 0 Å². The first kappa shape index (κ1) is 13.4. The Balaban J connectivity index is 1.84. The number of nitrogens with one attached hydrogen (secondary N) is 1. The highest BCUT2D eigenvalue weighted by Crippen LogP contribution is 2.17. The van der Waals surface area contributed by atoms with Crippen molar-refractivity contribution >= 4 is 5.69 Å². The van der Waals surface area contributed by atoms with Gasteiger partial charge in [0.2, 0.25) is 0 Å². The average Bonchev–Trinajstić information content (AvgIpc) is 2.65. The molecule has 100 valence electrons. The second-order valence-corrected chi connectivity index (χ2v) is 5.15. The van der Waals surface area contributed by atoms with E-state index in [4.69, 9.17) is 0 Å². The van der Waals surface area contributed by atoms with Gasteiger partial charge in [0.05, 0.1) is 0 Å². The van der Waals surface area contributed by atoms with Crippen molar-refractivity contribution in [3.8, 4) is 0 Å². The van der Waals surface area contributed by atoms with Crippen LogP contribution in [0.15, 0.2) is 24.3 Å². The Morgan fingerprint density at radius 3 is 2.89 bits per heavy atom. The Hall–Kier alpha value is -1.06. The van der Waals surface area contributed by atoms with Gasteiger partial charge >= 0.3 is 0 Å². The number of hydrogen-bond donors (Lipinski definition) is 1. The van der Waals surface area contributed by atoms with Gasteiger partial charge in [0.25, 0.3) is 0 Å². The zero-order valence-electron chi connectivity index (χ0n) is 11.7. The first-order valence-corrected chi connectivity index (χ1v) is 6.97. The SMILES string of the molecule is Cc1ccccc1N(C)CCN1CCCNCC1. The average molecular weight is 247 g/mol. The summed E-state index contributed by atoms with van der Waals surface area (Å²) in [5, 5.41) is 3.45. The minimum atomic E-state index is 1.10. The van der Waals surface area contributed by atoms with Gasteiger partial charge in [-0.2, -0.15) is 0 Å². The molecule has 0 radical (unpaired) electrons. The normalized spacial score (nSPS) is 17.4. The summed E-state index contributed by atoms with van der Waals surface area (Å²) in [4.78, 5) is 4.93. The van der Waals surface area contributed by atoms with Gasteiger partial charge in [-0.3, -0.25) is 0 Å². The van der Waals surface area contributed by atoms with Gasteiger partial charge < -0.3 is 15.1 Å². The number of nitrogens with zero attached hydrogens (tertiary/aromatic N) is 2. The third-order valence-corrected chi connectivity index (χ3v) is 3.71. The van der Waals surface area contributed by atoms with E-state index in [-0.39, 0.29) is 0 Å². The Morgan fingerprint density at radius 1 is 1.22 bits per heavy atom. The molecule has 0 unspecified atom stereocenters. The third kappa shape index (κ3) is 3.72. The fourth-order valence-corrected chi connectivity index (χ4v) is 2.53. The molecule has 0 amide bonds. The Bertz CT molecular complexity index is 357. The quantitative estimate of drug-likeness (QED) is 0.874. The smallest absolute Gasteiger partial charge is 0.0393 e. The van der Waals surface area contributed by atoms with Gasteiger partial charge in [-0.25, -0.2) is 0 Å². The van der Waals surface area contributed by atoms with Crippen LogP contribution in [0.4, 0.5) is 5.69 Å². The maximum Gasteiger partial charge on any atom is 0.0393 e. The lowest BCUT2D eigenvalue weighted by molar-refractivity contribution is 0.299. The summed E-state index contributed by atoms with van der Waals surface area (Å²) in [5.74, 6) is 0. The van der Waals surface area contributed by atoms with Crippen LogP contribution in [-0.4, -0.2) is 51.2 Å². The number of benzene rings is 1. The highest BCUT2D eigenvalue weighted by atomic mass is 15.2. The lowest BCUT2D eigenvalue weighted by Gasteiger charge is -2.26. The largest absolute Gasteiger partial charge is 0.373 e. The molecule has 1 N–H and O–H groups in total. The van der Waals surface area contributed by atoms with Crippen molar-refractivity contribution in [2.75, 3.05) is 51.2 Å². The molecular formula is C15H25N3. The van der Waals surface area contributed by atoms with Crippen molar-refractivity contribution < 1.29 is 0 Å². The van der Waals surface area contributed by atoms with Crippen LogP contribution in [0.25, 0.3) is 0 Å². The molecule has 1 aliphatic heterocycles. The Morgan fingerprint density at radius 2 is 2.06 bits per heavy atom. The van der Waals surface area contributed by atoms with Crippen LogP contribution in [-0.2, 0) is 0 Å². The van der Waals surface area contributed by atoms with Crippen molar-refractivity contribution in [3.63, 3.8) is 0 Å². The molecule has 18 heavy (non-hydrogen) atoms. The molecule has 1 aliphatic rings. The molecule has 3 nitrogen and oxygen atoms in total. The summed E-state index contributed by atoms with van der Waals surface area (Å²) in [6.45, 7) is 9.16. The zero-order valence-corrected chi connectivity index (χ0v) is 11.7. The van der Waals surface area contributed by atoms with Crippen LogP contribution in [0.5, 0.6) is 0 Å². The molecule has 2 rings (SSSR count). The summed E-state index contributed by atoms with van der Waals surface area (Å²) in [6, 6.07) is 8.61. The van der Waals surface area contributed by atoms with Crippen LogP contribution in [0.1, 0.15) is 12.0 Å². The molecule has 1 aromatic rings. The van der Waals surface area contributed by atoms with Crippen LogP contribution in [0.2, 0.25) is 0 Å². The summed E-state index contributed by atoms with van der Waals surface area (Å²) < 4.78 is 0. The molecule has 0 saturated carbocycles. The number of hydrogen-bond acceptors (Lipinski definition) is 3. The van der Waals surface area contributed by atoms with Gasteiger partial charge in [-0.15, -0.1) is 0 Å². The first-order chi connectivity index (χ1) is 8.77. The van der Waals surface area contributed by atoms with Crippen molar-refractivity contribution in [1.29, 1.82) is 0 Å². The minimum Gasteiger partial charge on any atom is -0.373 e. The zero-order chi connectivity index (χ0) is 12.8. The highest BCUT2D eigenvalue weighted by molar-refractivity contribution is 5.52. The fraction of sp³-hybridized carbons (Fsp3) is 0.600. The van der Waals surface area contributed by atoms with Gasteiger partial charge in [-0.05, 0) is 38.1 Å². The monoisotopic (exact) mass is 247 g/mol. The minimum absolute atomic E-state index is 1.10. The van der Waals surface area contributed by atoms with Crippen LogP contribution in [0.3, 0.4) is 0 Å². The summed E-state index contributed by atoms with van der Waals surface area (Å²) in [6.07, 6.45) is 1.27. The predicted molar refractivity (Wildman–Crippen MR) is 78.4 cm³/mol. The predicted octanol–water partition coefficient (Wildman–Crippen LogP) is 1.73. The van der Waals surface area contributed by atoms with E-state index >= 15 is 0 Å². The van der Waals surface area contributed by atoms with Gasteiger partial charge in [0, 0.05) is 38.9 Å². The number of rotatable bonds is 4. The van der Waals surface area contributed by atoms with E-state index in [0.29, 0.717) is 0 Å². The van der Waals surface area contributed by atoms with Crippen molar-refractivity contribution in [2.45, 2.75) is 13.3 Å². The second kappa shape index (κ2) is 6.76. The molecule has 1 fully saturated rings. The van der Waals surface area contributed by atoms with Gasteiger partial charge in [0.15, 0.2) is 0 Å². The van der Waals surface area contributed by atoms with Gasteiger partial charge in [0.1, 0.15) is 0 Å². The number of aryl methyl sites for hydroxylation is 1. The number of anilines is 1. The lowest BCUT2D eigenvalue weighted by Crippen LogP contribution is -2.35. The molecule has 0 atom stereocenters. The summed E-state index contributed by atoms with van der Waals surface area (Å²) >= 11 is 0. The Labute approximate surface area is 111 Å². The summed E-state index contributed by atoms with van der Waals surface area (Å²) in [7, 11) is 2.19. The molecule has 0 bridgehead atoms. The molecule has 0 aliphatic carbocycles. The number of likely N-dealkylation sites (N-methyl/N-ethyl adjacent to an activating group) is 1. The van der Waals surface area contributed by atoms with Crippen LogP contribution in [0, 0.1) is 6.92 Å². The maximum atomic E-state index is 3.45. The van der Waals surface area contributed by atoms with Crippen molar-refractivity contribution in [2.24, 2.45) is 0 Å². The van der Waals surface area contributed by atoms with Crippen molar-refractivity contribution in [1.82, 2.24) is 10.2 Å². The van der Waals surface area contributed by atoms with Crippen LogP contribution < -0.4 is 10.2 Å². The molecule has 3 heteroatoms. The second-order valence-electron chi connectivity index (χ2n) is 5.15. The molecule has 0 aromatic heterocycles. The van der Waals surface area contributed by atoms with E-state index in [9.17, 15) is 0 Å². The van der Waals surface area contributed by atoms with Crippen molar-refractivity contribution in [3.05, 3.63) is 29.8 Å². The summed E-state index contributed by atoms with van der Waals surface area (Å²) in [5.41, 5.74) is 2.71. The molecular weight excluding hydrogens is 222 g/mol. The molecule has 1 saturated heterocycles. The standard InChI is InChI=1S/C15H25N3/c1-14-6-3-4-7-15(14)17(2)12-13-18-10-5-8-16-9-11-18/h3-4,6-7,16H,5,8-13H2,1-2H3. The molecule has 1 aromatic carbocycles. The topological polar surface area (TPSA) is 18.5 Å². The van der Waals surface area contributed by atoms with E-state index in [1.54, 1.807) is 0 Å². The third-order valence-electron chi connectivity index (χ3n) is 3.71. The molecule has 0 spiro atoms. The van der Waals surface area contributed by atoms with Gasteiger partial charge in [-0.1, -0.05) is 18.2 Å². The lowest BCUT2D eigenvalue weighted by atomic mass is 10.2. The van der Waals surface area contributed by atoms with E-state index in [1.807, 2.05) is 0 Å². The highest BCUT2D eigenvalue weighted by Gasteiger charge is 2.10. The van der Waals surface area contributed by atoms with E-state index in [0.717, 1.165) is 19.6 Å². The maximum absolute atomic E-state index is 3.45. The van der Waals surface area contributed by atoms with E-state index in [2.05, 4.69) is 53.4 Å². The molecule has 1 heterocycles.